The minimum absolute atomic E-state index is 0.579. The number of hydrogen-bond acceptors (Lipinski definition) is 3. The van der Waals surface area contributed by atoms with Gasteiger partial charge in [-0.1, -0.05) is 28.1 Å². The number of nitrogens with zero attached hydrogens (tertiary/aromatic N) is 2. The van der Waals surface area contributed by atoms with Crippen molar-refractivity contribution >= 4 is 27.5 Å². The Morgan fingerprint density at radius 2 is 2.15 bits per heavy atom. The number of benzene rings is 1. The monoisotopic (exact) mass is 237 g/mol. The molecule has 0 bridgehead atoms. The number of hydrogen-bond donors (Lipinski definition) is 1. The Hall–Kier alpha value is -1.16. The molecule has 13 heavy (non-hydrogen) atoms. The van der Waals surface area contributed by atoms with Crippen LogP contribution >= 0.6 is 15.9 Å². The molecule has 3 nitrogen and oxygen atoms in total. The molecule has 0 saturated carbocycles. The summed E-state index contributed by atoms with van der Waals surface area (Å²) in [7, 11) is 0. The smallest absolute Gasteiger partial charge is 0.128 e. The molecule has 0 aromatic heterocycles. The van der Waals surface area contributed by atoms with Crippen molar-refractivity contribution in [1.29, 1.82) is 0 Å². The molecular formula is C9H8BrN3. The Bertz CT molecular complexity index is 396. The zero-order valence-electron chi connectivity index (χ0n) is 6.87. The average molecular weight is 238 g/mol. The highest BCUT2D eigenvalue weighted by atomic mass is 79.9. The maximum absolute atomic E-state index is 5.52. The highest BCUT2D eigenvalue weighted by Crippen LogP contribution is 2.15. The van der Waals surface area contributed by atoms with Gasteiger partial charge in [-0.05, 0) is 17.7 Å². The van der Waals surface area contributed by atoms with Gasteiger partial charge in [0.15, 0.2) is 0 Å². The summed E-state index contributed by atoms with van der Waals surface area (Å²) < 4.78 is 1.04. The second kappa shape index (κ2) is 3.30. The SMILES string of the molecule is NC1=NN=C(c2cccc(Br)c2)C1. The van der Waals surface area contributed by atoms with Gasteiger partial charge in [0, 0.05) is 4.47 Å². The van der Waals surface area contributed by atoms with E-state index in [4.69, 9.17) is 5.73 Å². The predicted molar refractivity (Wildman–Crippen MR) is 56.9 cm³/mol. The first kappa shape index (κ1) is 8.44. The van der Waals surface area contributed by atoms with E-state index in [-0.39, 0.29) is 0 Å². The van der Waals surface area contributed by atoms with Crippen LogP contribution in [-0.4, -0.2) is 11.5 Å². The van der Waals surface area contributed by atoms with E-state index in [9.17, 15) is 0 Å². The summed E-state index contributed by atoms with van der Waals surface area (Å²) in [5, 5.41) is 7.78. The van der Waals surface area contributed by atoms with Crippen LogP contribution in [0.25, 0.3) is 0 Å². The van der Waals surface area contributed by atoms with Crippen molar-refractivity contribution in [3.05, 3.63) is 34.3 Å². The molecule has 1 aromatic rings. The lowest BCUT2D eigenvalue weighted by Crippen LogP contribution is -2.12. The van der Waals surface area contributed by atoms with Crippen LogP contribution in [0.4, 0.5) is 0 Å². The van der Waals surface area contributed by atoms with Crippen molar-refractivity contribution in [2.24, 2.45) is 15.9 Å². The number of halogens is 1. The largest absolute Gasteiger partial charge is 0.385 e. The number of nitrogens with two attached hydrogens (primary N) is 1. The number of amidine groups is 1. The lowest BCUT2D eigenvalue weighted by molar-refractivity contribution is 1.26. The molecule has 0 saturated heterocycles. The lowest BCUT2D eigenvalue weighted by Gasteiger charge is -1.99. The third kappa shape index (κ3) is 1.78. The zero-order chi connectivity index (χ0) is 9.26. The fourth-order valence-corrected chi connectivity index (χ4v) is 1.59. The van der Waals surface area contributed by atoms with Crippen molar-refractivity contribution in [1.82, 2.24) is 0 Å². The molecule has 1 aromatic carbocycles. The molecule has 0 radical (unpaired) electrons. The van der Waals surface area contributed by atoms with E-state index in [2.05, 4.69) is 26.1 Å². The van der Waals surface area contributed by atoms with Gasteiger partial charge < -0.3 is 5.73 Å². The molecule has 1 aliphatic rings. The van der Waals surface area contributed by atoms with Crippen LogP contribution in [0.1, 0.15) is 12.0 Å². The fourth-order valence-electron chi connectivity index (χ4n) is 1.19. The molecule has 0 unspecified atom stereocenters. The van der Waals surface area contributed by atoms with Crippen LogP contribution in [0.2, 0.25) is 0 Å². The summed E-state index contributed by atoms with van der Waals surface area (Å²) in [5.41, 5.74) is 7.52. The van der Waals surface area contributed by atoms with E-state index in [0.717, 1.165) is 15.7 Å². The summed E-state index contributed by atoms with van der Waals surface area (Å²) in [6.07, 6.45) is 0.649. The van der Waals surface area contributed by atoms with Crippen molar-refractivity contribution in [3.8, 4) is 0 Å². The minimum Gasteiger partial charge on any atom is -0.385 e. The Labute approximate surface area is 84.5 Å². The Balaban J connectivity index is 2.29. The molecule has 2 N–H and O–H groups in total. The minimum atomic E-state index is 0.579. The Morgan fingerprint density at radius 1 is 1.31 bits per heavy atom. The van der Waals surface area contributed by atoms with E-state index in [0.29, 0.717) is 12.3 Å². The summed E-state index contributed by atoms with van der Waals surface area (Å²) in [5.74, 6) is 0.579. The molecule has 0 atom stereocenters. The van der Waals surface area contributed by atoms with E-state index in [1.807, 2.05) is 24.3 Å². The van der Waals surface area contributed by atoms with Crippen molar-refractivity contribution in [3.63, 3.8) is 0 Å². The normalized spacial score (nSPS) is 15.5. The van der Waals surface area contributed by atoms with Crippen molar-refractivity contribution in [2.45, 2.75) is 6.42 Å². The number of rotatable bonds is 1. The fraction of sp³-hybridized carbons (Fsp3) is 0.111. The molecule has 0 aliphatic carbocycles. The second-order valence-electron chi connectivity index (χ2n) is 2.83. The van der Waals surface area contributed by atoms with Crippen molar-refractivity contribution in [2.75, 3.05) is 0 Å². The highest BCUT2D eigenvalue weighted by Gasteiger charge is 2.11. The van der Waals surface area contributed by atoms with Gasteiger partial charge in [-0.2, -0.15) is 5.10 Å². The van der Waals surface area contributed by atoms with Crippen LogP contribution in [0, 0.1) is 0 Å². The van der Waals surface area contributed by atoms with E-state index >= 15 is 0 Å². The molecular weight excluding hydrogens is 230 g/mol. The molecule has 66 valence electrons. The van der Waals surface area contributed by atoms with Crippen LogP contribution in [0.3, 0.4) is 0 Å². The average Bonchev–Trinajstić information content (AvgIpc) is 2.52. The summed E-state index contributed by atoms with van der Waals surface area (Å²) in [6.45, 7) is 0. The maximum atomic E-state index is 5.52. The second-order valence-corrected chi connectivity index (χ2v) is 3.74. The zero-order valence-corrected chi connectivity index (χ0v) is 8.45. The summed E-state index contributed by atoms with van der Waals surface area (Å²) in [4.78, 5) is 0. The van der Waals surface area contributed by atoms with E-state index in [1.165, 1.54) is 0 Å². The quantitative estimate of drug-likeness (QED) is 0.798. The predicted octanol–water partition coefficient (Wildman–Crippen LogP) is 1.91. The van der Waals surface area contributed by atoms with Gasteiger partial charge in [0.05, 0.1) is 12.1 Å². The Morgan fingerprint density at radius 3 is 2.77 bits per heavy atom. The Kier molecular flexibility index (Phi) is 2.14. The van der Waals surface area contributed by atoms with Gasteiger partial charge >= 0.3 is 0 Å². The molecule has 0 amide bonds. The van der Waals surface area contributed by atoms with Crippen LogP contribution in [0.5, 0.6) is 0 Å². The van der Waals surface area contributed by atoms with E-state index < -0.39 is 0 Å². The maximum Gasteiger partial charge on any atom is 0.128 e. The van der Waals surface area contributed by atoms with Gasteiger partial charge in [-0.3, -0.25) is 0 Å². The van der Waals surface area contributed by atoms with Gasteiger partial charge in [0.25, 0.3) is 0 Å². The molecule has 1 heterocycles. The third-order valence-electron chi connectivity index (χ3n) is 1.81. The molecule has 4 heteroatoms. The van der Waals surface area contributed by atoms with Gasteiger partial charge in [0.1, 0.15) is 5.84 Å². The van der Waals surface area contributed by atoms with Gasteiger partial charge in [-0.15, -0.1) is 5.10 Å². The first-order valence-corrected chi connectivity index (χ1v) is 4.70. The van der Waals surface area contributed by atoms with E-state index in [1.54, 1.807) is 0 Å². The summed E-state index contributed by atoms with van der Waals surface area (Å²) in [6, 6.07) is 7.95. The standard InChI is InChI=1S/C9H8BrN3/c10-7-3-1-2-6(4-7)8-5-9(11)13-12-8/h1-4H,5H2,(H2,11,13). The first-order valence-electron chi connectivity index (χ1n) is 3.90. The molecule has 2 rings (SSSR count). The molecule has 0 fully saturated rings. The molecule has 0 spiro atoms. The van der Waals surface area contributed by atoms with Crippen molar-refractivity contribution < 1.29 is 0 Å². The van der Waals surface area contributed by atoms with Crippen LogP contribution < -0.4 is 5.73 Å². The molecule has 1 aliphatic heterocycles. The van der Waals surface area contributed by atoms with Gasteiger partial charge in [-0.25, -0.2) is 0 Å². The lowest BCUT2D eigenvalue weighted by atomic mass is 10.1. The van der Waals surface area contributed by atoms with Crippen LogP contribution in [0.15, 0.2) is 38.9 Å². The third-order valence-corrected chi connectivity index (χ3v) is 2.30. The first-order chi connectivity index (χ1) is 6.25. The highest BCUT2D eigenvalue weighted by molar-refractivity contribution is 9.10. The topological polar surface area (TPSA) is 50.7 Å². The van der Waals surface area contributed by atoms with Crippen LogP contribution in [-0.2, 0) is 0 Å². The van der Waals surface area contributed by atoms with Gasteiger partial charge in [0.2, 0.25) is 0 Å². The summed E-state index contributed by atoms with van der Waals surface area (Å²) >= 11 is 3.40.